The van der Waals surface area contributed by atoms with E-state index in [1.54, 1.807) is 42.5 Å². The Morgan fingerprint density at radius 3 is 2.65 bits per heavy atom. The van der Waals surface area contributed by atoms with Crippen LogP contribution in [0.15, 0.2) is 81.1 Å². The van der Waals surface area contributed by atoms with Crippen LogP contribution in [0, 0.1) is 10.1 Å². The van der Waals surface area contributed by atoms with Crippen molar-refractivity contribution in [1.29, 1.82) is 0 Å². The van der Waals surface area contributed by atoms with Crippen molar-refractivity contribution in [2.45, 2.75) is 0 Å². The maximum absolute atomic E-state index is 11.1. The smallest absolute Gasteiger partial charge is 0.270 e. The average molecular weight is 348 g/mol. The standard InChI is InChI=1S/C19H12N2O5/c22-20-18(17-5-2-7-25-17)14-9-13-6-8-26-19(13)16(11-14)12-3-1-4-15(10-12)21(23)24/h1-11,22H/b20-18-. The van der Waals surface area contributed by atoms with E-state index in [0.29, 0.717) is 28.0 Å². The highest BCUT2D eigenvalue weighted by Crippen LogP contribution is 2.33. The lowest BCUT2D eigenvalue weighted by molar-refractivity contribution is -0.384. The van der Waals surface area contributed by atoms with Gasteiger partial charge in [0.2, 0.25) is 0 Å². The number of rotatable bonds is 4. The zero-order chi connectivity index (χ0) is 18.1. The zero-order valence-electron chi connectivity index (χ0n) is 13.3. The molecule has 4 aromatic rings. The third-order valence-electron chi connectivity index (χ3n) is 4.05. The summed E-state index contributed by atoms with van der Waals surface area (Å²) in [5, 5.41) is 24.7. The summed E-state index contributed by atoms with van der Waals surface area (Å²) in [5.41, 5.74) is 2.69. The van der Waals surface area contributed by atoms with Crippen LogP contribution in [0.3, 0.4) is 0 Å². The maximum atomic E-state index is 11.1. The normalized spacial score (nSPS) is 11.8. The number of nitrogens with zero attached hydrogens (tertiary/aromatic N) is 2. The molecule has 2 aromatic carbocycles. The van der Waals surface area contributed by atoms with E-state index in [1.807, 2.05) is 0 Å². The summed E-state index contributed by atoms with van der Waals surface area (Å²) in [6.07, 6.45) is 3.02. The van der Waals surface area contributed by atoms with Gasteiger partial charge >= 0.3 is 0 Å². The fourth-order valence-corrected chi connectivity index (χ4v) is 2.88. The highest BCUT2D eigenvalue weighted by molar-refractivity contribution is 6.13. The maximum Gasteiger partial charge on any atom is 0.270 e. The van der Waals surface area contributed by atoms with E-state index in [-0.39, 0.29) is 11.4 Å². The minimum Gasteiger partial charge on any atom is -0.464 e. The Bertz CT molecular complexity index is 1130. The van der Waals surface area contributed by atoms with Gasteiger partial charge in [-0.05, 0) is 35.9 Å². The van der Waals surface area contributed by atoms with Gasteiger partial charge in [-0.1, -0.05) is 17.3 Å². The van der Waals surface area contributed by atoms with Gasteiger partial charge in [0.25, 0.3) is 5.69 Å². The fourth-order valence-electron chi connectivity index (χ4n) is 2.88. The lowest BCUT2D eigenvalue weighted by Crippen LogP contribution is -2.02. The number of non-ortho nitro benzene ring substituents is 1. The van der Waals surface area contributed by atoms with Crippen LogP contribution in [-0.4, -0.2) is 15.8 Å². The molecule has 2 aromatic heterocycles. The second kappa shape index (κ2) is 6.21. The van der Waals surface area contributed by atoms with E-state index < -0.39 is 4.92 Å². The topological polar surface area (TPSA) is 102 Å². The third kappa shape index (κ3) is 2.61. The predicted molar refractivity (Wildman–Crippen MR) is 94.4 cm³/mol. The lowest BCUT2D eigenvalue weighted by Gasteiger charge is -2.08. The number of furan rings is 2. The first kappa shape index (κ1) is 15.6. The molecule has 0 spiro atoms. The number of hydrogen-bond acceptors (Lipinski definition) is 6. The molecule has 0 radical (unpaired) electrons. The van der Waals surface area contributed by atoms with Gasteiger partial charge in [-0.2, -0.15) is 0 Å². The van der Waals surface area contributed by atoms with Crippen LogP contribution in [0.2, 0.25) is 0 Å². The van der Waals surface area contributed by atoms with Crippen molar-refractivity contribution < 1.29 is 19.0 Å². The SMILES string of the molecule is O=[N+]([O-])c1cccc(-c2cc(/C(=N/O)c3ccco3)cc3ccoc23)c1. The second-order valence-corrected chi connectivity index (χ2v) is 5.60. The second-order valence-electron chi connectivity index (χ2n) is 5.60. The number of benzene rings is 2. The third-order valence-corrected chi connectivity index (χ3v) is 4.05. The molecule has 4 rings (SSSR count). The fraction of sp³-hybridized carbons (Fsp3) is 0. The van der Waals surface area contributed by atoms with Crippen molar-refractivity contribution in [2.75, 3.05) is 0 Å². The predicted octanol–water partition coefficient (Wildman–Crippen LogP) is 4.83. The van der Waals surface area contributed by atoms with Crippen LogP contribution < -0.4 is 0 Å². The zero-order valence-corrected chi connectivity index (χ0v) is 13.3. The van der Waals surface area contributed by atoms with Crippen molar-refractivity contribution in [1.82, 2.24) is 0 Å². The quantitative estimate of drug-likeness (QED) is 0.246. The van der Waals surface area contributed by atoms with Gasteiger partial charge in [-0.3, -0.25) is 10.1 Å². The van der Waals surface area contributed by atoms with Crippen molar-refractivity contribution in [3.05, 3.63) is 88.6 Å². The Labute approximate surface area is 146 Å². The first-order chi connectivity index (χ1) is 12.7. The van der Waals surface area contributed by atoms with Crippen LogP contribution in [0.1, 0.15) is 11.3 Å². The monoisotopic (exact) mass is 348 g/mol. The molecule has 0 bridgehead atoms. The largest absolute Gasteiger partial charge is 0.464 e. The molecule has 0 aliphatic carbocycles. The van der Waals surface area contributed by atoms with Crippen LogP contribution >= 0.6 is 0 Å². The van der Waals surface area contributed by atoms with Crippen molar-refractivity contribution in [3.8, 4) is 11.1 Å². The highest BCUT2D eigenvalue weighted by Gasteiger charge is 2.17. The van der Waals surface area contributed by atoms with Crippen molar-refractivity contribution in [3.63, 3.8) is 0 Å². The summed E-state index contributed by atoms with van der Waals surface area (Å²) in [7, 11) is 0. The molecule has 0 saturated carbocycles. The number of oxime groups is 1. The van der Waals surface area contributed by atoms with Gasteiger partial charge in [-0.15, -0.1) is 0 Å². The summed E-state index contributed by atoms with van der Waals surface area (Å²) in [4.78, 5) is 10.6. The molecule has 26 heavy (non-hydrogen) atoms. The Morgan fingerprint density at radius 2 is 1.92 bits per heavy atom. The minimum atomic E-state index is -0.448. The molecule has 0 unspecified atom stereocenters. The molecule has 7 heteroatoms. The summed E-state index contributed by atoms with van der Waals surface area (Å²) in [6, 6.07) is 15.0. The molecule has 0 fully saturated rings. The molecule has 0 amide bonds. The van der Waals surface area contributed by atoms with Gasteiger partial charge in [0.1, 0.15) is 5.58 Å². The molecule has 2 heterocycles. The summed E-state index contributed by atoms with van der Waals surface area (Å²) in [5.74, 6) is 0.403. The molecule has 0 saturated heterocycles. The van der Waals surface area contributed by atoms with Crippen LogP contribution in [0.5, 0.6) is 0 Å². The van der Waals surface area contributed by atoms with Gasteiger partial charge in [0.15, 0.2) is 11.5 Å². The Kier molecular flexibility index (Phi) is 3.74. The molecule has 0 aliphatic rings. The molecule has 0 aliphatic heterocycles. The van der Waals surface area contributed by atoms with E-state index in [2.05, 4.69) is 5.16 Å². The van der Waals surface area contributed by atoms with Gasteiger partial charge in [0, 0.05) is 28.6 Å². The van der Waals surface area contributed by atoms with Crippen LogP contribution in [0.4, 0.5) is 5.69 Å². The first-order valence-electron chi connectivity index (χ1n) is 7.70. The minimum absolute atomic E-state index is 0.0188. The Balaban J connectivity index is 1.94. The van der Waals surface area contributed by atoms with E-state index in [1.165, 1.54) is 24.7 Å². The Hall–Kier alpha value is -3.87. The number of nitro groups is 1. The first-order valence-corrected chi connectivity index (χ1v) is 7.70. The molecular weight excluding hydrogens is 336 g/mol. The Morgan fingerprint density at radius 1 is 1.04 bits per heavy atom. The number of nitro benzene ring substituents is 1. The summed E-state index contributed by atoms with van der Waals surface area (Å²) >= 11 is 0. The number of hydrogen-bond donors (Lipinski definition) is 1. The number of fused-ring (bicyclic) bond motifs is 1. The molecule has 0 atom stereocenters. The average Bonchev–Trinajstić information content (AvgIpc) is 3.33. The van der Waals surface area contributed by atoms with E-state index >= 15 is 0 Å². The van der Waals surface area contributed by atoms with E-state index in [4.69, 9.17) is 8.83 Å². The van der Waals surface area contributed by atoms with Gasteiger partial charge < -0.3 is 14.0 Å². The molecule has 128 valence electrons. The van der Waals surface area contributed by atoms with Gasteiger partial charge in [-0.25, -0.2) is 0 Å². The van der Waals surface area contributed by atoms with E-state index in [0.717, 1.165) is 5.39 Å². The van der Waals surface area contributed by atoms with Crippen molar-refractivity contribution >= 4 is 22.4 Å². The lowest BCUT2D eigenvalue weighted by atomic mass is 9.97. The molecular formula is C19H12N2O5. The molecule has 7 nitrogen and oxygen atoms in total. The van der Waals surface area contributed by atoms with Crippen LogP contribution in [0.25, 0.3) is 22.1 Å². The molecule has 1 N–H and O–H groups in total. The highest BCUT2D eigenvalue weighted by atomic mass is 16.6. The van der Waals surface area contributed by atoms with Gasteiger partial charge in [0.05, 0.1) is 17.4 Å². The van der Waals surface area contributed by atoms with Crippen LogP contribution in [-0.2, 0) is 0 Å². The summed E-state index contributed by atoms with van der Waals surface area (Å²) < 4.78 is 10.9. The van der Waals surface area contributed by atoms with E-state index in [9.17, 15) is 15.3 Å². The summed E-state index contributed by atoms with van der Waals surface area (Å²) in [6.45, 7) is 0. The van der Waals surface area contributed by atoms with Crippen molar-refractivity contribution in [2.24, 2.45) is 5.16 Å².